The molecule has 0 saturated carbocycles. The molecule has 0 saturated heterocycles. The Bertz CT molecular complexity index is 1710. The molecular weight excluding hydrogens is 593 g/mol. The normalized spacial score (nSPS) is 12.6. The van der Waals surface area contributed by atoms with E-state index in [1.807, 2.05) is 21.6 Å². The van der Waals surface area contributed by atoms with Crippen molar-refractivity contribution in [2.45, 2.75) is 52.0 Å². The van der Waals surface area contributed by atoms with E-state index in [0.717, 1.165) is 0 Å². The Kier molecular flexibility index (Phi) is 9.87. The first-order valence-electron chi connectivity index (χ1n) is 16.1. The van der Waals surface area contributed by atoms with Gasteiger partial charge in [-0.15, -0.1) is 0 Å². The van der Waals surface area contributed by atoms with Crippen LogP contribution < -0.4 is 0 Å². The largest absolute Gasteiger partial charge is 0.0856 e. The summed E-state index contributed by atoms with van der Waals surface area (Å²) in [4.78, 5) is 0. The quantitative estimate of drug-likeness (QED) is 0.145. The molecular formula is C44H42S2. The van der Waals surface area contributed by atoms with E-state index in [-0.39, 0.29) is 0 Å². The molecule has 0 amide bonds. The molecule has 0 fully saturated rings. The Morgan fingerprint density at radius 1 is 0.326 bits per heavy atom. The molecule has 0 aliphatic rings. The minimum atomic E-state index is 0.317. The van der Waals surface area contributed by atoms with Gasteiger partial charge in [0.05, 0.1) is 0 Å². The second kappa shape index (κ2) is 14.2. The molecule has 0 aromatic heterocycles. The SMILES string of the molecule is Cc1cccc(-c2cc(-c3cccc(C)c3)cc([C@@H](C)SS[C@H](C)c3cc(-c4cccc(C)c4)cc(-c4cccc(C)c4)c3)c2)c1. The van der Waals surface area contributed by atoms with Gasteiger partial charge in [-0.25, -0.2) is 0 Å². The average molecular weight is 635 g/mol. The summed E-state index contributed by atoms with van der Waals surface area (Å²) in [6, 6.07) is 49.7. The van der Waals surface area contributed by atoms with Crippen LogP contribution in [0.2, 0.25) is 0 Å². The standard InChI is InChI=1S/C44H42S2/c1-29-11-7-15-35(19-29)41-23-39(24-42(27-41)36-16-8-12-30(2)20-36)33(5)45-46-34(6)40-25-43(37-17-9-13-31(3)21-37)28-44(26-40)38-18-10-14-32(4)22-38/h7-28,33-34H,1-6H3/t33-,34-/m1/s1. The highest BCUT2D eigenvalue weighted by molar-refractivity contribution is 8.76. The Morgan fingerprint density at radius 2 is 0.587 bits per heavy atom. The van der Waals surface area contributed by atoms with Crippen LogP contribution in [0.4, 0.5) is 0 Å². The van der Waals surface area contributed by atoms with Crippen molar-refractivity contribution in [1.29, 1.82) is 0 Å². The van der Waals surface area contributed by atoms with E-state index in [4.69, 9.17) is 0 Å². The second-order valence-electron chi connectivity index (χ2n) is 12.6. The van der Waals surface area contributed by atoms with Gasteiger partial charge >= 0.3 is 0 Å². The van der Waals surface area contributed by atoms with Gasteiger partial charge in [-0.2, -0.15) is 0 Å². The lowest BCUT2D eigenvalue weighted by molar-refractivity contribution is 1.10. The molecule has 0 unspecified atom stereocenters. The molecule has 0 nitrogen and oxygen atoms in total. The first-order valence-corrected chi connectivity index (χ1v) is 18.4. The summed E-state index contributed by atoms with van der Waals surface area (Å²) < 4.78 is 0. The van der Waals surface area contributed by atoms with E-state index in [1.54, 1.807) is 0 Å². The summed E-state index contributed by atoms with van der Waals surface area (Å²) in [7, 11) is 3.94. The first kappa shape index (κ1) is 32.0. The first-order chi connectivity index (χ1) is 22.2. The number of benzene rings is 6. The second-order valence-corrected chi connectivity index (χ2v) is 15.6. The van der Waals surface area contributed by atoms with Crippen molar-refractivity contribution in [3.63, 3.8) is 0 Å². The molecule has 2 heteroatoms. The van der Waals surface area contributed by atoms with Gasteiger partial charge in [-0.3, -0.25) is 0 Å². The molecule has 0 N–H and O–H groups in total. The highest BCUT2D eigenvalue weighted by atomic mass is 33.1. The Hall–Kier alpha value is -3.98. The predicted octanol–water partition coefficient (Wildman–Crippen LogP) is 13.8. The fraction of sp³-hybridized carbons (Fsp3) is 0.182. The zero-order valence-corrected chi connectivity index (χ0v) is 29.3. The van der Waals surface area contributed by atoms with Crippen molar-refractivity contribution in [2.24, 2.45) is 0 Å². The van der Waals surface area contributed by atoms with Gasteiger partial charge in [-0.05, 0) is 134 Å². The van der Waals surface area contributed by atoms with Crippen LogP contribution in [0.15, 0.2) is 133 Å². The highest BCUT2D eigenvalue weighted by Crippen LogP contribution is 2.48. The van der Waals surface area contributed by atoms with E-state index in [1.165, 1.54) is 77.9 Å². The maximum absolute atomic E-state index is 2.39. The van der Waals surface area contributed by atoms with Crippen molar-refractivity contribution in [2.75, 3.05) is 0 Å². The monoisotopic (exact) mass is 634 g/mol. The summed E-state index contributed by atoms with van der Waals surface area (Å²) >= 11 is 0. The highest BCUT2D eigenvalue weighted by Gasteiger charge is 2.17. The van der Waals surface area contributed by atoms with E-state index < -0.39 is 0 Å². The van der Waals surface area contributed by atoms with Gasteiger partial charge in [0.25, 0.3) is 0 Å². The summed E-state index contributed by atoms with van der Waals surface area (Å²) in [5, 5.41) is 0.633. The van der Waals surface area contributed by atoms with Crippen molar-refractivity contribution < 1.29 is 0 Å². The molecule has 0 radical (unpaired) electrons. The fourth-order valence-corrected chi connectivity index (χ4v) is 8.51. The molecule has 0 aliphatic carbocycles. The molecule has 2 atom stereocenters. The summed E-state index contributed by atoms with van der Waals surface area (Å²) in [6.45, 7) is 13.4. The lowest BCUT2D eigenvalue weighted by atomic mass is 9.94. The van der Waals surface area contributed by atoms with Gasteiger partial charge in [0.1, 0.15) is 0 Å². The van der Waals surface area contributed by atoms with Crippen molar-refractivity contribution >= 4 is 21.6 Å². The third-order valence-electron chi connectivity index (χ3n) is 8.60. The van der Waals surface area contributed by atoms with Crippen LogP contribution in [-0.2, 0) is 0 Å². The van der Waals surface area contributed by atoms with Crippen molar-refractivity contribution in [3.05, 3.63) is 167 Å². The molecule has 0 spiro atoms. The number of hydrogen-bond acceptors (Lipinski definition) is 2. The Labute approximate surface area is 283 Å². The minimum absolute atomic E-state index is 0.317. The average Bonchev–Trinajstić information content (AvgIpc) is 3.06. The van der Waals surface area contributed by atoms with Crippen LogP contribution in [0.5, 0.6) is 0 Å². The zero-order chi connectivity index (χ0) is 32.2. The zero-order valence-electron chi connectivity index (χ0n) is 27.7. The third kappa shape index (κ3) is 7.69. The third-order valence-corrected chi connectivity index (χ3v) is 11.9. The molecule has 0 bridgehead atoms. The fourth-order valence-electron chi connectivity index (χ4n) is 6.02. The van der Waals surface area contributed by atoms with Gasteiger partial charge < -0.3 is 0 Å². The van der Waals surface area contributed by atoms with E-state index in [2.05, 4.69) is 175 Å². The van der Waals surface area contributed by atoms with Gasteiger partial charge in [0.2, 0.25) is 0 Å². The van der Waals surface area contributed by atoms with E-state index in [0.29, 0.717) is 10.5 Å². The van der Waals surface area contributed by atoms with E-state index >= 15 is 0 Å². The molecule has 6 aromatic carbocycles. The summed E-state index contributed by atoms with van der Waals surface area (Å²) in [6.07, 6.45) is 0. The summed E-state index contributed by atoms with van der Waals surface area (Å²) in [5.74, 6) is 0. The van der Waals surface area contributed by atoms with Gasteiger partial charge in [-0.1, -0.05) is 141 Å². The van der Waals surface area contributed by atoms with Crippen LogP contribution in [0.3, 0.4) is 0 Å². The maximum atomic E-state index is 2.39. The smallest absolute Gasteiger partial charge is 0.0373 e. The van der Waals surface area contributed by atoms with Crippen molar-refractivity contribution in [1.82, 2.24) is 0 Å². The Balaban J connectivity index is 1.31. The van der Waals surface area contributed by atoms with Crippen LogP contribution in [0, 0.1) is 27.7 Å². The lowest BCUT2D eigenvalue weighted by Gasteiger charge is -2.19. The van der Waals surface area contributed by atoms with Crippen LogP contribution in [0.1, 0.15) is 57.7 Å². The van der Waals surface area contributed by atoms with Crippen molar-refractivity contribution in [3.8, 4) is 44.5 Å². The Morgan fingerprint density at radius 3 is 0.826 bits per heavy atom. The van der Waals surface area contributed by atoms with Gasteiger partial charge in [0, 0.05) is 10.5 Å². The lowest BCUT2D eigenvalue weighted by Crippen LogP contribution is -1.94. The molecule has 46 heavy (non-hydrogen) atoms. The molecule has 6 rings (SSSR count). The van der Waals surface area contributed by atoms with Crippen LogP contribution in [-0.4, -0.2) is 0 Å². The number of aryl methyl sites for hydroxylation is 4. The van der Waals surface area contributed by atoms with Gasteiger partial charge in [0.15, 0.2) is 0 Å². The summed E-state index contributed by atoms with van der Waals surface area (Å²) in [5.41, 5.74) is 18.0. The maximum Gasteiger partial charge on any atom is 0.0373 e. The molecule has 230 valence electrons. The molecule has 0 heterocycles. The number of hydrogen-bond donors (Lipinski definition) is 0. The van der Waals surface area contributed by atoms with Crippen LogP contribution in [0.25, 0.3) is 44.5 Å². The molecule has 6 aromatic rings. The molecule has 0 aliphatic heterocycles. The van der Waals surface area contributed by atoms with Crippen LogP contribution >= 0.6 is 21.6 Å². The number of rotatable bonds is 9. The topological polar surface area (TPSA) is 0 Å². The van der Waals surface area contributed by atoms with E-state index in [9.17, 15) is 0 Å². The predicted molar refractivity (Wildman–Crippen MR) is 206 cm³/mol. The minimum Gasteiger partial charge on any atom is -0.0856 e.